The van der Waals surface area contributed by atoms with Crippen molar-refractivity contribution in [3.8, 4) is 11.5 Å². The Morgan fingerprint density at radius 2 is 0.823 bits per heavy atom. The van der Waals surface area contributed by atoms with Crippen LogP contribution in [0.15, 0.2) is 36.4 Å². The van der Waals surface area contributed by atoms with Crippen molar-refractivity contribution in [1.82, 2.24) is 0 Å². The lowest BCUT2D eigenvalue weighted by molar-refractivity contribution is -0.110. The Bertz CT molecular complexity index is 1630. The molecule has 0 saturated heterocycles. The molecule has 346 valence electrons. The Balaban J connectivity index is 0.584. The second-order valence-electron chi connectivity index (χ2n) is 20.5. The minimum Gasteiger partial charge on any atom is -0.508 e. The Morgan fingerprint density at radius 3 is 1.19 bits per heavy atom. The van der Waals surface area contributed by atoms with Crippen molar-refractivity contribution in [3.05, 3.63) is 58.7 Å². The number of aliphatic hydroxyl groups is 2. The molecule has 0 bridgehead atoms. The number of rotatable bonds is 23. The molecule has 10 nitrogen and oxygen atoms in total. The molecular formula is C52H78O10. The summed E-state index contributed by atoms with van der Waals surface area (Å²) < 4.78 is 34.4. The van der Waals surface area contributed by atoms with Gasteiger partial charge in [-0.05, 0) is 196 Å². The molecule has 6 aliphatic carbocycles. The molecule has 8 rings (SSSR count). The first-order valence-electron chi connectivity index (χ1n) is 24.6. The van der Waals surface area contributed by atoms with Crippen molar-refractivity contribution in [1.29, 1.82) is 0 Å². The van der Waals surface area contributed by atoms with Gasteiger partial charge in [0.15, 0.2) is 0 Å². The third-order valence-corrected chi connectivity index (χ3v) is 17.7. The summed E-state index contributed by atoms with van der Waals surface area (Å²) in [5.41, 5.74) is 4.21. The first-order valence-corrected chi connectivity index (χ1v) is 24.6. The van der Waals surface area contributed by atoms with Crippen LogP contribution in [0.1, 0.15) is 138 Å². The van der Waals surface area contributed by atoms with Crippen LogP contribution in [-0.2, 0) is 41.3 Å². The number of phenolic OH excluding ortho intramolecular Hbond substituents is 2. The van der Waals surface area contributed by atoms with Crippen LogP contribution in [0, 0.1) is 34.5 Å². The molecule has 4 N–H and O–H groups in total. The van der Waals surface area contributed by atoms with Crippen LogP contribution in [0.4, 0.5) is 0 Å². The highest BCUT2D eigenvalue weighted by atomic mass is 16.6. The minimum absolute atomic E-state index is 0.0371. The maximum absolute atomic E-state index is 12.0. The average molecular weight is 863 g/mol. The van der Waals surface area contributed by atoms with Crippen molar-refractivity contribution >= 4 is 0 Å². The molecule has 0 heterocycles. The van der Waals surface area contributed by atoms with Crippen molar-refractivity contribution in [2.75, 3.05) is 79.3 Å². The zero-order valence-electron chi connectivity index (χ0n) is 38.0. The fraction of sp³-hybridized carbons (Fsp3) is 0.769. The molecule has 2 aromatic carbocycles. The minimum atomic E-state index is -0.620. The van der Waals surface area contributed by atoms with Crippen LogP contribution in [-0.4, -0.2) is 111 Å². The highest BCUT2D eigenvalue weighted by molar-refractivity contribution is 5.41. The lowest BCUT2D eigenvalue weighted by atomic mass is 9.53. The maximum Gasteiger partial charge on any atom is 0.115 e. The van der Waals surface area contributed by atoms with E-state index in [9.17, 15) is 20.4 Å². The lowest BCUT2D eigenvalue weighted by Gasteiger charge is -2.53. The monoisotopic (exact) mass is 863 g/mol. The summed E-state index contributed by atoms with van der Waals surface area (Å²) in [4.78, 5) is 0. The highest BCUT2D eigenvalue weighted by Crippen LogP contribution is 2.66. The molecule has 2 aromatic rings. The molecule has 0 unspecified atom stereocenters. The molecule has 6 aliphatic rings. The van der Waals surface area contributed by atoms with Crippen LogP contribution < -0.4 is 0 Å². The molecule has 0 radical (unpaired) electrons. The second-order valence-corrected chi connectivity index (χ2v) is 20.5. The van der Waals surface area contributed by atoms with Gasteiger partial charge in [0.05, 0.1) is 77.3 Å². The summed E-state index contributed by atoms with van der Waals surface area (Å²) in [6, 6.07) is 11.9. The summed E-state index contributed by atoms with van der Waals surface area (Å²) >= 11 is 0. The van der Waals surface area contributed by atoms with Gasteiger partial charge in [-0.15, -0.1) is 0 Å². The van der Waals surface area contributed by atoms with Gasteiger partial charge in [-0.25, -0.2) is 0 Å². The fourth-order valence-corrected chi connectivity index (χ4v) is 14.3. The zero-order chi connectivity index (χ0) is 43.2. The maximum atomic E-state index is 12.0. The number of phenols is 2. The normalized spacial score (nSPS) is 34.5. The third kappa shape index (κ3) is 9.65. The van der Waals surface area contributed by atoms with Crippen LogP contribution in [0.5, 0.6) is 11.5 Å². The van der Waals surface area contributed by atoms with Gasteiger partial charge in [0.25, 0.3) is 0 Å². The Morgan fingerprint density at radius 1 is 0.468 bits per heavy atom. The number of aromatic hydroxyl groups is 2. The van der Waals surface area contributed by atoms with Crippen LogP contribution in [0.3, 0.4) is 0 Å². The molecule has 10 atom stereocenters. The van der Waals surface area contributed by atoms with Crippen LogP contribution in [0.25, 0.3) is 0 Å². The average Bonchev–Trinajstić information content (AvgIpc) is 3.69. The van der Waals surface area contributed by atoms with E-state index in [4.69, 9.17) is 28.4 Å². The van der Waals surface area contributed by atoms with E-state index in [1.807, 2.05) is 24.3 Å². The van der Waals surface area contributed by atoms with E-state index in [0.29, 0.717) is 126 Å². The quantitative estimate of drug-likeness (QED) is 0.0805. The summed E-state index contributed by atoms with van der Waals surface area (Å²) in [6.45, 7) is 11.2. The van der Waals surface area contributed by atoms with Crippen molar-refractivity contribution < 1.29 is 48.8 Å². The second kappa shape index (κ2) is 20.5. The van der Waals surface area contributed by atoms with E-state index in [0.717, 1.165) is 103 Å². The highest BCUT2D eigenvalue weighted by Gasteiger charge is 2.62. The van der Waals surface area contributed by atoms with E-state index in [1.54, 1.807) is 0 Å². The van der Waals surface area contributed by atoms with Gasteiger partial charge >= 0.3 is 0 Å². The Hall–Kier alpha value is -2.28. The van der Waals surface area contributed by atoms with Crippen LogP contribution in [0.2, 0.25) is 0 Å². The van der Waals surface area contributed by atoms with E-state index >= 15 is 0 Å². The van der Waals surface area contributed by atoms with Gasteiger partial charge < -0.3 is 48.8 Å². The standard InChI is InChI=1S/C52H78O10/c1-49-19-13-43-41-11-7-39(53)35-37(41)5-9-45(43)47(49)15-21-51(49,55)17-3-23-57-25-27-59-29-31-61-33-34-62-32-30-60-28-26-58-24-4-18-52(56)22-16-48-46-10-6-38-36-40(54)8-12-42(38)44(46)14-20-50(48,52)2/h7-8,11-12,35-36,43-48,53-56H,3-6,9-10,13-34H2,1-2H3/t43-,44-,45-,46-,47+,48+,49+,50+,51+,52+/m1/s1. The lowest BCUT2D eigenvalue weighted by Crippen LogP contribution is -2.50. The van der Waals surface area contributed by atoms with Gasteiger partial charge in [0.2, 0.25) is 0 Å². The fourth-order valence-electron chi connectivity index (χ4n) is 14.3. The molecular weight excluding hydrogens is 785 g/mol. The molecule has 0 amide bonds. The topological polar surface area (TPSA) is 136 Å². The van der Waals surface area contributed by atoms with Gasteiger partial charge in [-0.2, -0.15) is 0 Å². The number of ether oxygens (including phenoxy) is 6. The number of aryl methyl sites for hydroxylation is 2. The van der Waals surface area contributed by atoms with Gasteiger partial charge in [0.1, 0.15) is 11.5 Å². The summed E-state index contributed by atoms with van der Waals surface area (Å²) in [5, 5.41) is 43.9. The summed E-state index contributed by atoms with van der Waals surface area (Å²) in [5.74, 6) is 4.23. The van der Waals surface area contributed by atoms with Crippen molar-refractivity contribution in [3.63, 3.8) is 0 Å². The first-order chi connectivity index (χ1) is 30.1. The SMILES string of the molecule is C[C@]12CC[C@@H]3c4ccc(O)cc4CC[C@H]3[C@@H]1CC[C@@]2(O)CCCOCCOCCOCCOCCOCCOCCC[C@]1(O)CC[C@H]2[C@@H]3CCc4cc(O)ccc4[C@H]3CC[C@@]21C. The molecule has 0 aromatic heterocycles. The van der Waals surface area contributed by atoms with E-state index in [-0.39, 0.29) is 10.8 Å². The molecule has 4 fully saturated rings. The number of hydrogen-bond acceptors (Lipinski definition) is 10. The van der Waals surface area contributed by atoms with E-state index in [1.165, 1.54) is 22.3 Å². The number of benzene rings is 2. The Labute approximate surface area is 371 Å². The molecule has 4 saturated carbocycles. The molecule has 0 spiro atoms. The van der Waals surface area contributed by atoms with E-state index < -0.39 is 11.2 Å². The Kier molecular flexibility index (Phi) is 15.3. The predicted molar refractivity (Wildman–Crippen MR) is 239 cm³/mol. The van der Waals surface area contributed by atoms with Gasteiger partial charge in [-0.3, -0.25) is 0 Å². The zero-order valence-corrected chi connectivity index (χ0v) is 38.0. The van der Waals surface area contributed by atoms with E-state index in [2.05, 4.69) is 26.0 Å². The van der Waals surface area contributed by atoms with Crippen molar-refractivity contribution in [2.45, 2.75) is 140 Å². The molecule has 0 aliphatic heterocycles. The number of fused-ring (bicyclic) bond motifs is 10. The smallest absolute Gasteiger partial charge is 0.115 e. The number of hydrogen-bond donors (Lipinski definition) is 4. The van der Waals surface area contributed by atoms with Crippen molar-refractivity contribution in [2.24, 2.45) is 34.5 Å². The molecule has 62 heavy (non-hydrogen) atoms. The van der Waals surface area contributed by atoms with Gasteiger partial charge in [-0.1, -0.05) is 26.0 Å². The van der Waals surface area contributed by atoms with Crippen LogP contribution >= 0.6 is 0 Å². The largest absolute Gasteiger partial charge is 0.508 e. The third-order valence-electron chi connectivity index (χ3n) is 17.7. The summed E-state index contributed by atoms with van der Waals surface area (Å²) in [6.07, 6.45) is 16.0. The predicted octanol–water partition coefficient (Wildman–Crippen LogP) is 8.63. The summed E-state index contributed by atoms with van der Waals surface area (Å²) in [7, 11) is 0. The first kappa shape index (κ1) is 46.3. The molecule has 10 heteroatoms. The van der Waals surface area contributed by atoms with Gasteiger partial charge in [0, 0.05) is 13.2 Å².